The molecule has 9 heteroatoms. The molecule has 0 saturated carbocycles. The molecule has 0 aliphatic heterocycles. The number of anilines is 1. The summed E-state index contributed by atoms with van der Waals surface area (Å²) < 4.78 is 21.1. The summed E-state index contributed by atoms with van der Waals surface area (Å²) in [6, 6.07) is 22.5. The highest BCUT2D eigenvalue weighted by molar-refractivity contribution is 7.99. The fourth-order valence-corrected chi connectivity index (χ4v) is 4.85. The van der Waals surface area contributed by atoms with Crippen molar-refractivity contribution in [3.8, 4) is 11.5 Å². The third-order valence-corrected chi connectivity index (χ3v) is 7.19. The minimum atomic E-state index is -0.457. The summed E-state index contributed by atoms with van der Waals surface area (Å²) in [5.41, 5.74) is 2.00. The molecule has 218 valence electrons. The fourth-order valence-electron chi connectivity index (χ4n) is 3.85. The first kappa shape index (κ1) is 31.5. The molecule has 0 heterocycles. The van der Waals surface area contributed by atoms with Crippen LogP contribution < -0.4 is 14.8 Å². The van der Waals surface area contributed by atoms with E-state index in [2.05, 4.69) is 10.1 Å². The summed E-state index contributed by atoms with van der Waals surface area (Å²) in [4.78, 5) is 37.0. The predicted molar refractivity (Wildman–Crippen MR) is 160 cm³/mol. The Balaban J connectivity index is 1.46. The van der Waals surface area contributed by atoms with E-state index in [0.717, 1.165) is 34.8 Å². The molecule has 0 bridgehead atoms. The van der Waals surface area contributed by atoms with Crippen LogP contribution in [-0.4, -0.2) is 51.0 Å². The van der Waals surface area contributed by atoms with Crippen molar-refractivity contribution >= 4 is 35.3 Å². The lowest BCUT2D eigenvalue weighted by molar-refractivity contribution is -0.140. The number of para-hydroxylation sites is 1. The first-order valence-corrected chi connectivity index (χ1v) is 14.6. The number of methoxy groups -OCH3 is 2. The average molecular weight is 580 g/mol. The molecule has 8 nitrogen and oxygen atoms in total. The molecule has 3 aromatic rings. The molecule has 3 rings (SSSR count). The van der Waals surface area contributed by atoms with Gasteiger partial charge < -0.3 is 24.3 Å². The van der Waals surface area contributed by atoms with Crippen LogP contribution in [0.4, 0.5) is 5.69 Å². The van der Waals surface area contributed by atoms with Crippen LogP contribution in [0.25, 0.3) is 0 Å². The van der Waals surface area contributed by atoms with E-state index < -0.39 is 5.97 Å². The van der Waals surface area contributed by atoms with Crippen LogP contribution in [0, 0.1) is 0 Å². The van der Waals surface area contributed by atoms with Crippen molar-refractivity contribution < 1.29 is 33.3 Å². The second kappa shape index (κ2) is 17.7. The molecule has 1 N–H and O–H groups in total. The molecule has 0 radical (unpaired) electrons. The Morgan fingerprint density at radius 1 is 0.756 bits per heavy atom. The molecule has 0 unspecified atom stereocenters. The van der Waals surface area contributed by atoms with E-state index >= 15 is 0 Å². The van der Waals surface area contributed by atoms with Crippen LogP contribution in [0.15, 0.2) is 77.7 Å². The smallest absolute Gasteiger partial charge is 0.337 e. The number of benzene rings is 3. The maximum Gasteiger partial charge on any atom is 0.337 e. The third-order valence-electron chi connectivity index (χ3n) is 6.05. The van der Waals surface area contributed by atoms with Crippen molar-refractivity contribution in [3.63, 3.8) is 0 Å². The summed E-state index contributed by atoms with van der Waals surface area (Å²) >= 11 is 1.46. The topological polar surface area (TPSA) is 100 Å². The van der Waals surface area contributed by atoms with Crippen LogP contribution in [0.2, 0.25) is 0 Å². The first-order valence-electron chi connectivity index (χ1n) is 13.6. The summed E-state index contributed by atoms with van der Waals surface area (Å²) in [5.74, 6) is 1.39. The van der Waals surface area contributed by atoms with Gasteiger partial charge in [-0.15, -0.1) is 11.8 Å². The number of esters is 2. The highest BCUT2D eigenvalue weighted by Gasteiger charge is 2.13. The molecule has 0 fully saturated rings. The summed E-state index contributed by atoms with van der Waals surface area (Å²) in [7, 11) is 2.68. The van der Waals surface area contributed by atoms with Gasteiger partial charge in [-0.1, -0.05) is 30.3 Å². The van der Waals surface area contributed by atoms with E-state index in [0.29, 0.717) is 49.5 Å². The quantitative estimate of drug-likeness (QED) is 0.113. The number of ether oxygens (including phenoxy) is 4. The van der Waals surface area contributed by atoms with E-state index in [1.54, 1.807) is 18.2 Å². The monoisotopic (exact) mass is 579 g/mol. The van der Waals surface area contributed by atoms with Crippen molar-refractivity contribution in [2.75, 3.05) is 38.5 Å². The Morgan fingerprint density at radius 2 is 1.49 bits per heavy atom. The number of nitrogens with one attached hydrogen (secondary N) is 1. The SMILES string of the molecule is COC(=O)CCCSc1cc(C(=O)OC)ccc1NC(=O)CCc1cccc(OCCCCOc2ccccc2)c1. The lowest BCUT2D eigenvalue weighted by Gasteiger charge is -2.13. The van der Waals surface area contributed by atoms with Gasteiger partial charge >= 0.3 is 11.9 Å². The van der Waals surface area contributed by atoms with Crippen LogP contribution in [0.1, 0.15) is 48.0 Å². The van der Waals surface area contributed by atoms with Crippen molar-refractivity contribution in [2.24, 2.45) is 0 Å². The highest BCUT2D eigenvalue weighted by Crippen LogP contribution is 2.30. The number of hydrogen-bond acceptors (Lipinski definition) is 8. The van der Waals surface area contributed by atoms with Gasteiger partial charge in [-0.25, -0.2) is 4.79 Å². The number of unbranched alkanes of at least 4 members (excludes halogenated alkanes) is 1. The Morgan fingerprint density at radius 3 is 2.22 bits per heavy atom. The second-order valence-electron chi connectivity index (χ2n) is 9.14. The van der Waals surface area contributed by atoms with Crippen molar-refractivity contribution in [1.29, 1.82) is 0 Å². The van der Waals surface area contributed by atoms with E-state index in [4.69, 9.17) is 14.2 Å². The molecule has 0 spiro atoms. The van der Waals surface area contributed by atoms with Gasteiger partial charge in [-0.2, -0.15) is 0 Å². The van der Waals surface area contributed by atoms with Crippen molar-refractivity contribution in [3.05, 3.63) is 83.9 Å². The minimum Gasteiger partial charge on any atom is -0.494 e. The van der Waals surface area contributed by atoms with Crippen LogP contribution in [0.5, 0.6) is 11.5 Å². The molecule has 0 saturated heterocycles. The van der Waals surface area contributed by atoms with Gasteiger partial charge in [0.25, 0.3) is 0 Å². The fraction of sp³-hybridized carbons (Fsp3) is 0.344. The van der Waals surface area contributed by atoms with Gasteiger partial charge in [0.1, 0.15) is 11.5 Å². The maximum atomic E-state index is 12.8. The molecule has 1 amide bonds. The van der Waals surface area contributed by atoms with Crippen molar-refractivity contribution in [1.82, 2.24) is 0 Å². The van der Waals surface area contributed by atoms with Crippen LogP contribution in [-0.2, 0) is 25.5 Å². The maximum absolute atomic E-state index is 12.8. The van der Waals surface area contributed by atoms with Crippen LogP contribution in [0.3, 0.4) is 0 Å². The van der Waals surface area contributed by atoms with Gasteiger partial charge in [-0.3, -0.25) is 9.59 Å². The zero-order valence-corrected chi connectivity index (χ0v) is 24.4. The van der Waals surface area contributed by atoms with Gasteiger partial charge in [0, 0.05) is 17.7 Å². The number of carbonyl (C=O) groups excluding carboxylic acids is 3. The summed E-state index contributed by atoms with van der Waals surface area (Å²) in [6.45, 7) is 1.23. The number of carbonyl (C=O) groups is 3. The molecular formula is C32H37NO7S. The lowest BCUT2D eigenvalue weighted by Crippen LogP contribution is -2.13. The second-order valence-corrected chi connectivity index (χ2v) is 10.3. The molecule has 0 aromatic heterocycles. The summed E-state index contributed by atoms with van der Waals surface area (Å²) in [5, 5.41) is 2.96. The number of rotatable bonds is 17. The molecule has 0 aliphatic rings. The first-order chi connectivity index (χ1) is 20.0. The van der Waals surface area contributed by atoms with Crippen molar-refractivity contribution in [2.45, 2.75) is 43.4 Å². The minimum absolute atomic E-state index is 0.142. The molecule has 3 aromatic carbocycles. The summed E-state index contributed by atoms with van der Waals surface area (Å²) in [6.07, 6.45) is 3.50. The Labute approximate surface area is 245 Å². The Hall–Kier alpha value is -3.98. The highest BCUT2D eigenvalue weighted by atomic mass is 32.2. The van der Waals surface area contributed by atoms with Gasteiger partial charge in [0.2, 0.25) is 5.91 Å². The number of thioether (sulfide) groups is 1. The van der Waals surface area contributed by atoms with Gasteiger partial charge in [0.15, 0.2) is 0 Å². The van der Waals surface area contributed by atoms with E-state index in [-0.39, 0.29) is 18.3 Å². The average Bonchev–Trinajstić information content (AvgIpc) is 3.00. The van der Waals surface area contributed by atoms with Gasteiger partial charge in [-0.05, 0) is 79.5 Å². The van der Waals surface area contributed by atoms with Gasteiger partial charge in [0.05, 0.1) is 38.7 Å². The largest absolute Gasteiger partial charge is 0.494 e. The Bertz CT molecular complexity index is 1270. The molecular weight excluding hydrogens is 542 g/mol. The number of aryl methyl sites for hydroxylation is 1. The van der Waals surface area contributed by atoms with E-state index in [1.807, 2.05) is 54.6 Å². The van der Waals surface area contributed by atoms with Crippen LogP contribution >= 0.6 is 11.8 Å². The normalized spacial score (nSPS) is 10.5. The standard InChI is InChI=1S/C32H37NO7S/c1-37-31(35)14-9-21-41-29-23-25(32(36)38-2)16-17-28(29)33-30(34)18-15-24-10-8-13-27(22-24)40-20-7-6-19-39-26-11-4-3-5-12-26/h3-5,8,10-13,16-17,22-23H,6-7,9,14-15,18-21H2,1-2H3,(H,33,34). The zero-order valence-electron chi connectivity index (χ0n) is 23.6. The number of hydrogen-bond donors (Lipinski definition) is 1. The lowest BCUT2D eigenvalue weighted by atomic mass is 10.1. The molecule has 0 aliphatic carbocycles. The number of amides is 1. The van der Waals surface area contributed by atoms with E-state index in [9.17, 15) is 14.4 Å². The predicted octanol–water partition coefficient (Wildman–Crippen LogP) is 6.33. The Kier molecular flexibility index (Phi) is 13.6. The molecule has 41 heavy (non-hydrogen) atoms. The molecule has 0 atom stereocenters. The third kappa shape index (κ3) is 11.6. The zero-order chi connectivity index (χ0) is 29.3. The van der Waals surface area contributed by atoms with E-state index in [1.165, 1.54) is 26.0 Å².